The third kappa shape index (κ3) is 5.19. The Bertz CT molecular complexity index is 349. The highest BCUT2D eigenvalue weighted by Gasteiger charge is 2.21. The van der Waals surface area contributed by atoms with Crippen LogP contribution in [-0.4, -0.2) is 18.6 Å². The van der Waals surface area contributed by atoms with E-state index < -0.39 is 0 Å². The molecule has 0 unspecified atom stereocenters. The zero-order valence-corrected chi connectivity index (χ0v) is 12.8. The highest BCUT2D eigenvalue weighted by atomic mass is 79.9. The molecule has 96 valence electrons. The van der Waals surface area contributed by atoms with Gasteiger partial charge in [0.15, 0.2) is 0 Å². The first-order chi connectivity index (χ1) is 7.71. The van der Waals surface area contributed by atoms with Gasteiger partial charge in [-0.3, -0.25) is 0 Å². The van der Waals surface area contributed by atoms with Gasteiger partial charge >= 0.3 is 0 Å². The Morgan fingerprint density at radius 1 is 1.06 bits per heavy atom. The molecule has 2 nitrogen and oxygen atoms in total. The zero-order chi connectivity index (χ0) is 13.1. The molecule has 3 heteroatoms. The van der Waals surface area contributed by atoms with Crippen LogP contribution in [0.2, 0.25) is 0 Å². The average Bonchev–Trinajstić information content (AvgIpc) is 2.15. The third-order valence-corrected chi connectivity index (χ3v) is 3.30. The quantitative estimate of drug-likeness (QED) is 0.877. The molecule has 0 bridgehead atoms. The normalized spacial score (nSPS) is 12.8. The van der Waals surface area contributed by atoms with E-state index in [4.69, 9.17) is 5.73 Å². The van der Waals surface area contributed by atoms with Crippen molar-refractivity contribution in [2.45, 2.75) is 38.6 Å². The van der Waals surface area contributed by atoms with E-state index in [0.29, 0.717) is 0 Å². The molecular weight excluding hydrogens is 276 g/mol. The fraction of sp³-hybridized carbons (Fsp3) is 0.571. The Labute approximate surface area is 113 Å². The summed E-state index contributed by atoms with van der Waals surface area (Å²) < 4.78 is 1.12. The van der Waals surface area contributed by atoms with Gasteiger partial charge in [-0.15, -0.1) is 0 Å². The Hall–Kier alpha value is -0.380. The van der Waals surface area contributed by atoms with E-state index in [2.05, 4.69) is 59.4 Å². The Balaban J connectivity index is 2.59. The Morgan fingerprint density at radius 2 is 1.59 bits per heavy atom. The molecule has 1 aromatic carbocycles. The van der Waals surface area contributed by atoms with E-state index >= 15 is 0 Å². The van der Waals surface area contributed by atoms with Gasteiger partial charge in [0.05, 0.1) is 0 Å². The lowest BCUT2D eigenvalue weighted by molar-refractivity contribution is 0.411. The highest BCUT2D eigenvalue weighted by Crippen LogP contribution is 2.24. The van der Waals surface area contributed by atoms with E-state index in [1.165, 1.54) is 5.56 Å². The topological polar surface area (TPSA) is 38.0 Å². The summed E-state index contributed by atoms with van der Waals surface area (Å²) in [4.78, 5) is 0. The molecule has 0 spiro atoms. The summed E-state index contributed by atoms with van der Waals surface area (Å²) in [6.45, 7) is 10.3. The van der Waals surface area contributed by atoms with Crippen molar-refractivity contribution in [3.05, 3.63) is 34.3 Å². The van der Waals surface area contributed by atoms with Gasteiger partial charge in [0.1, 0.15) is 0 Å². The second-order valence-electron chi connectivity index (χ2n) is 5.98. The maximum Gasteiger partial charge on any atom is 0.0223 e. The molecule has 3 N–H and O–H groups in total. The van der Waals surface area contributed by atoms with Crippen LogP contribution in [0.25, 0.3) is 0 Å². The van der Waals surface area contributed by atoms with E-state index in [0.717, 1.165) is 17.6 Å². The first-order valence-corrected chi connectivity index (χ1v) is 6.76. The van der Waals surface area contributed by atoms with E-state index in [9.17, 15) is 0 Å². The van der Waals surface area contributed by atoms with Crippen LogP contribution in [0, 0.1) is 0 Å². The van der Waals surface area contributed by atoms with Crippen molar-refractivity contribution in [2.24, 2.45) is 5.73 Å². The fourth-order valence-corrected chi connectivity index (χ4v) is 1.96. The maximum absolute atomic E-state index is 5.95. The second kappa shape index (κ2) is 5.51. The molecule has 0 aliphatic heterocycles. The molecule has 0 saturated carbocycles. The first-order valence-electron chi connectivity index (χ1n) is 5.96. The number of nitrogens with one attached hydrogen (secondary N) is 1. The maximum atomic E-state index is 5.95. The van der Waals surface area contributed by atoms with Crippen molar-refractivity contribution in [3.63, 3.8) is 0 Å². The van der Waals surface area contributed by atoms with Crippen LogP contribution < -0.4 is 11.1 Å². The number of hydrogen-bond acceptors (Lipinski definition) is 2. The molecule has 0 aliphatic rings. The lowest BCUT2D eigenvalue weighted by Gasteiger charge is -2.28. The summed E-state index contributed by atoms with van der Waals surface area (Å²) in [5.74, 6) is 0. The number of halogens is 1. The lowest BCUT2D eigenvalue weighted by atomic mass is 9.84. The summed E-state index contributed by atoms with van der Waals surface area (Å²) in [5.41, 5.74) is 7.25. The summed E-state index contributed by atoms with van der Waals surface area (Å²) in [6, 6.07) is 8.51. The fourth-order valence-electron chi connectivity index (χ4n) is 1.70. The van der Waals surface area contributed by atoms with Crippen molar-refractivity contribution >= 4 is 15.9 Å². The van der Waals surface area contributed by atoms with Gasteiger partial charge in [-0.05, 0) is 31.5 Å². The largest absolute Gasteiger partial charge is 0.324 e. The summed E-state index contributed by atoms with van der Waals surface area (Å²) in [5, 5.41) is 3.44. The number of hydrogen-bond donors (Lipinski definition) is 2. The van der Waals surface area contributed by atoms with Crippen molar-refractivity contribution in [1.82, 2.24) is 5.32 Å². The minimum atomic E-state index is -0.157. The van der Waals surface area contributed by atoms with Crippen LogP contribution in [0.3, 0.4) is 0 Å². The van der Waals surface area contributed by atoms with Crippen LogP contribution in [0.5, 0.6) is 0 Å². The van der Waals surface area contributed by atoms with Crippen molar-refractivity contribution in [3.8, 4) is 0 Å². The molecule has 0 saturated heterocycles. The standard InChI is InChI=1S/C14H23BrN2/c1-13(2,9-17-10-14(3,4)16)11-5-7-12(15)8-6-11/h5-8,17H,9-10,16H2,1-4H3. The number of nitrogens with two attached hydrogens (primary N) is 1. The van der Waals surface area contributed by atoms with Gasteiger partial charge in [-0.2, -0.15) is 0 Å². The molecule has 0 aliphatic carbocycles. The van der Waals surface area contributed by atoms with Crippen LogP contribution in [0.1, 0.15) is 33.3 Å². The predicted octanol–water partition coefficient (Wildman–Crippen LogP) is 3.05. The molecule has 0 radical (unpaired) electrons. The monoisotopic (exact) mass is 298 g/mol. The van der Waals surface area contributed by atoms with Crippen LogP contribution >= 0.6 is 15.9 Å². The minimum absolute atomic E-state index is 0.117. The van der Waals surface area contributed by atoms with Crippen LogP contribution in [-0.2, 0) is 5.41 Å². The van der Waals surface area contributed by atoms with Gasteiger partial charge in [0.2, 0.25) is 0 Å². The van der Waals surface area contributed by atoms with Gasteiger partial charge in [0.25, 0.3) is 0 Å². The summed E-state index contributed by atoms with van der Waals surface area (Å²) in [7, 11) is 0. The molecule has 1 aromatic rings. The summed E-state index contributed by atoms with van der Waals surface area (Å²) >= 11 is 3.46. The number of rotatable bonds is 5. The van der Waals surface area contributed by atoms with Crippen molar-refractivity contribution < 1.29 is 0 Å². The minimum Gasteiger partial charge on any atom is -0.324 e. The van der Waals surface area contributed by atoms with Crippen molar-refractivity contribution in [1.29, 1.82) is 0 Å². The van der Waals surface area contributed by atoms with E-state index in [-0.39, 0.29) is 11.0 Å². The third-order valence-electron chi connectivity index (χ3n) is 2.77. The predicted molar refractivity (Wildman–Crippen MR) is 78.3 cm³/mol. The molecule has 0 atom stereocenters. The summed E-state index contributed by atoms with van der Waals surface area (Å²) in [6.07, 6.45) is 0. The average molecular weight is 299 g/mol. The molecule has 17 heavy (non-hydrogen) atoms. The smallest absolute Gasteiger partial charge is 0.0223 e. The van der Waals surface area contributed by atoms with Crippen LogP contribution in [0.15, 0.2) is 28.7 Å². The number of benzene rings is 1. The lowest BCUT2D eigenvalue weighted by Crippen LogP contribution is -2.46. The molecule has 0 fully saturated rings. The highest BCUT2D eigenvalue weighted by molar-refractivity contribution is 9.10. The van der Waals surface area contributed by atoms with Gasteiger partial charge in [0, 0.05) is 28.5 Å². The molecule has 0 heterocycles. The van der Waals surface area contributed by atoms with Crippen molar-refractivity contribution in [2.75, 3.05) is 13.1 Å². The van der Waals surface area contributed by atoms with Gasteiger partial charge < -0.3 is 11.1 Å². The Morgan fingerprint density at radius 3 is 2.06 bits per heavy atom. The molecule has 1 rings (SSSR count). The second-order valence-corrected chi connectivity index (χ2v) is 6.90. The molecular formula is C14H23BrN2. The molecule has 0 amide bonds. The Kier molecular flexibility index (Phi) is 4.76. The first kappa shape index (κ1) is 14.7. The van der Waals surface area contributed by atoms with Gasteiger partial charge in [-0.1, -0.05) is 41.9 Å². The van der Waals surface area contributed by atoms with E-state index in [1.54, 1.807) is 0 Å². The van der Waals surface area contributed by atoms with Crippen LogP contribution in [0.4, 0.5) is 0 Å². The van der Waals surface area contributed by atoms with Gasteiger partial charge in [-0.25, -0.2) is 0 Å². The molecule has 0 aromatic heterocycles. The zero-order valence-electron chi connectivity index (χ0n) is 11.2. The van der Waals surface area contributed by atoms with E-state index in [1.807, 2.05) is 13.8 Å². The SMILES string of the molecule is CC(C)(N)CNCC(C)(C)c1ccc(Br)cc1.